The van der Waals surface area contributed by atoms with Gasteiger partial charge in [-0.05, 0) is 32.0 Å². The first kappa shape index (κ1) is 14.3. The van der Waals surface area contributed by atoms with E-state index < -0.39 is 66.8 Å². The number of aromatic nitrogens is 4. The third kappa shape index (κ3) is 4.09. The maximum atomic E-state index is 14.4. The van der Waals surface area contributed by atoms with E-state index >= 15 is 0 Å². The number of nitrogens with one attached hydrogen (secondary N) is 2. The molecule has 1 aliphatic heterocycles. The summed E-state index contributed by atoms with van der Waals surface area (Å²) in [5, 5.41) is 15.4. The molecule has 2 fully saturated rings. The van der Waals surface area contributed by atoms with E-state index in [2.05, 4.69) is 25.6 Å². The first-order valence-corrected chi connectivity index (χ1v) is 9.80. The number of hydrogen-bond acceptors (Lipinski definition) is 7. The third-order valence-corrected chi connectivity index (χ3v) is 5.09. The minimum atomic E-state index is -3.38. The number of benzene rings is 1. The van der Waals surface area contributed by atoms with Crippen LogP contribution >= 0.6 is 0 Å². The van der Waals surface area contributed by atoms with Gasteiger partial charge in [0.25, 0.3) is 0 Å². The summed E-state index contributed by atoms with van der Waals surface area (Å²) < 4.78 is 106. The molecule has 2 aliphatic rings. The molecule has 0 spiro atoms. The van der Waals surface area contributed by atoms with Crippen molar-refractivity contribution in [3.8, 4) is 0 Å². The van der Waals surface area contributed by atoms with E-state index in [4.69, 9.17) is 14.3 Å². The summed E-state index contributed by atoms with van der Waals surface area (Å²) in [4.78, 5) is 12.7. The van der Waals surface area contributed by atoms with Crippen LogP contribution in [0.5, 0.6) is 0 Å². The highest BCUT2D eigenvalue weighted by molar-refractivity contribution is 5.76. The lowest BCUT2D eigenvalue weighted by molar-refractivity contribution is 0.126. The Morgan fingerprint density at radius 2 is 1.97 bits per heavy atom. The summed E-state index contributed by atoms with van der Waals surface area (Å²) in [5.74, 6) is -3.80. The smallest absolute Gasteiger partial charge is 0.224 e. The van der Waals surface area contributed by atoms with Gasteiger partial charge < -0.3 is 20.5 Å². The van der Waals surface area contributed by atoms with Crippen molar-refractivity contribution in [3.63, 3.8) is 0 Å². The molecule has 3 heterocycles. The van der Waals surface area contributed by atoms with Crippen LogP contribution in [0.15, 0.2) is 18.3 Å². The van der Waals surface area contributed by atoms with Gasteiger partial charge in [-0.2, -0.15) is 4.98 Å². The Labute approximate surface area is 191 Å². The standard InChI is InChI=1S/C21H23F3N6O2/c22-11-7-15(23)18(16(24)8-11)28-21-27-17-9-25-20(26-12-1-3-14(31)4-2-12)29-19(17)30(21)13-5-6-32-10-13/h7-9,12-14,31H,1-6,10H2,(H,27,28)(H,25,26,29)/i1D2,3D2,4D2,14D. The lowest BCUT2D eigenvalue weighted by Gasteiger charge is -2.26. The molecule has 11 heteroatoms. The maximum Gasteiger partial charge on any atom is 0.224 e. The minimum Gasteiger partial charge on any atom is -0.393 e. The van der Waals surface area contributed by atoms with Crippen molar-refractivity contribution in [1.82, 2.24) is 19.5 Å². The predicted molar refractivity (Wildman–Crippen MR) is 111 cm³/mol. The van der Waals surface area contributed by atoms with E-state index in [1.54, 1.807) is 0 Å². The van der Waals surface area contributed by atoms with E-state index in [-0.39, 0.29) is 29.7 Å². The number of anilines is 3. The van der Waals surface area contributed by atoms with E-state index in [0.717, 1.165) is 0 Å². The zero-order chi connectivity index (χ0) is 28.5. The van der Waals surface area contributed by atoms with E-state index in [1.165, 1.54) is 10.8 Å². The normalized spacial score (nSPS) is 33.8. The van der Waals surface area contributed by atoms with Gasteiger partial charge in [0.05, 0.1) is 26.3 Å². The molecule has 32 heavy (non-hydrogen) atoms. The van der Waals surface area contributed by atoms with E-state index in [1.807, 2.05) is 0 Å². The lowest BCUT2D eigenvalue weighted by Crippen LogP contribution is -2.29. The lowest BCUT2D eigenvalue weighted by atomic mass is 9.93. The van der Waals surface area contributed by atoms with Crippen LogP contribution < -0.4 is 10.6 Å². The van der Waals surface area contributed by atoms with Gasteiger partial charge in [-0.1, -0.05) is 0 Å². The molecule has 8 nitrogen and oxygen atoms in total. The molecule has 0 radical (unpaired) electrons. The van der Waals surface area contributed by atoms with Crippen LogP contribution in [-0.4, -0.2) is 50.0 Å². The van der Waals surface area contributed by atoms with Gasteiger partial charge >= 0.3 is 0 Å². The van der Waals surface area contributed by atoms with Gasteiger partial charge in [-0.3, -0.25) is 4.57 Å². The van der Waals surface area contributed by atoms with Crippen molar-refractivity contribution in [2.24, 2.45) is 0 Å². The van der Waals surface area contributed by atoms with Gasteiger partial charge in [-0.25, -0.2) is 23.1 Å². The van der Waals surface area contributed by atoms with Gasteiger partial charge in [0.15, 0.2) is 17.3 Å². The number of ether oxygens (including phenoxy) is 1. The summed E-state index contributed by atoms with van der Waals surface area (Å²) in [6.45, 7) is 0.580. The summed E-state index contributed by atoms with van der Waals surface area (Å²) in [6, 6.07) is -0.982. The molecule has 1 aromatic carbocycles. The average molecular weight is 455 g/mol. The fourth-order valence-electron chi connectivity index (χ4n) is 3.59. The van der Waals surface area contributed by atoms with Crippen molar-refractivity contribution in [3.05, 3.63) is 35.8 Å². The van der Waals surface area contributed by atoms with Crippen LogP contribution in [0.1, 0.15) is 47.6 Å². The molecule has 3 N–H and O–H groups in total. The molecular formula is C21H23F3N6O2. The quantitative estimate of drug-likeness (QED) is 0.540. The molecule has 0 bridgehead atoms. The van der Waals surface area contributed by atoms with Gasteiger partial charge in [0, 0.05) is 33.0 Å². The topological polar surface area (TPSA) is 97.1 Å². The highest BCUT2D eigenvalue weighted by Crippen LogP contribution is 2.32. The predicted octanol–water partition coefficient (Wildman–Crippen LogP) is 3.66. The fourth-order valence-corrected chi connectivity index (χ4v) is 3.59. The molecule has 170 valence electrons. The van der Waals surface area contributed by atoms with Crippen LogP contribution in [0.3, 0.4) is 0 Å². The fraction of sp³-hybridized carbons (Fsp3) is 0.476. The zero-order valence-electron chi connectivity index (χ0n) is 23.5. The number of halogens is 3. The van der Waals surface area contributed by atoms with E-state index in [0.29, 0.717) is 25.2 Å². The van der Waals surface area contributed by atoms with Crippen LogP contribution in [-0.2, 0) is 4.74 Å². The first-order chi connectivity index (χ1) is 18.1. The Morgan fingerprint density at radius 3 is 2.72 bits per heavy atom. The highest BCUT2D eigenvalue weighted by Gasteiger charge is 2.27. The molecule has 0 amide bonds. The number of hydrogen-bond donors (Lipinski definition) is 3. The number of imidazole rings is 1. The molecule has 1 saturated carbocycles. The second kappa shape index (κ2) is 8.55. The molecule has 3 aromatic rings. The monoisotopic (exact) mass is 455 g/mol. The first-order valence-electron chi connectivity index (χ1n) is 13.3. The number of aliphatic hydroxyl groups is 1. The summed E-state index contributed by atoms with van der Waals surface area (Å²) >= 11 is 0. The number of nitrogens with zero attached hydrogens (tertiary/aromatic N) is 4. The van der Waals surface area contributed by atoms with Crippen LogP contribution in [0, 0.1) is 17.5 Å². The van der Waals surface area contributed by atoms with Gasteiger partial charge in [0.1, 0.15) is 17.0 Å². The molecule has 1 aliphatic carbocycles. The average Bonchev–Trinajstić information content (AvgIpc) is 3.47. The van der Waals surface area contributed by atoms with Crippen molar-refractivity contribution in [2.75, 3.05) is 23.8 Å². The van der Waals surface area contributed by atoms with Crippen LogP contribution in [0.25, 0.3) is 11.2 Å². The van der Waals surface area contributed by atoms with Crippen molar-refractivity contribution < 1.29 is 32.6 Å². The minimum absolute atomic E-state index is 0.0590. The summed E-state index contributed by atoms with van der Waals surface area (Å²) in [5.41, 5.74) is -0.357. The van der Waals surface area contributed by atoms with E-state index in [9.17, 15) is 18.3 Å². The third-order valence-electron chi connectivity index (χ3n) is 5.09. The largest absolute Gasteiger partial charge is 0.393 e. The van der Waals surface area contributed by atoms with Crippen LogP contribution in [0.2, 0.25) is 0 Å². The van der Waals surface area contributed by atoms with Crippen LogP contribution in [0.4, 0.5) is 30.8 Å². The van der Waals surface area contributed by atoms with Crippen molar-refractivity contribution in [2.45, 2.75) is 50.1 Å². The molecule has 2 aromatic heterocycles. The Bertz CT molecular complexity index is 1410. The Morgan fingerprint density at radius 1 is 1.16 bits per heavy atom. The van der Waals surface area contributed by atoms with Gasteiger partial charge in [-0.15, -0.1) is 0 Å². The van der Waals surface area contributed by atoms with Gasteiger partial charge in [0.2, 0.25) is 11.9 Å². The maximum absolute atomic E-state index is 14.4. The number of fused-ring (bicyclic) bond motifs is 1. The molecule has 1 saturated heterocycles. The molecule has 3 unspecified atom stereocenters. The summed E-state index contributed by atoms with van der Waals surface area (Å²) in [7, 11) is 0. The SMILES string of the molecule is [2H]C1([2H])CC(Nc2ncc3nc(Nc4c(F)cc(F)cc4F)n(C4CCOC4)c3n2)C([2H])([2H])C([2H])([2H])C1([2H])O. The van der Waals surface area contributed by atoms with Crippen molar-refractivity contribution >= 4 is 28.7 Å². The highest BCUT2D eigenvalue weighted by atomic mass is 19.1. The molecule has 3 atom stereocenters. The second-order valence-corrected chi connectivity index (χ2v) is 7.29. The Kier molecular flexibility index (Phi) is 3.81. The number of rotatable bonds is 5. The Hall–Kier alpha value is -2.92. The Balaban J connectivity index is 1.55. The molecular weight excluding hydrogens is 425 g/mol. The zero-order valence-corrected chi connectivity index (χ0v) is 16.5. The summed E-state index contributed by atoms with van der Waals surface area (Å²) in [6.07, 6.45) is -11.6. The second-order valence-electron chi connectivity index (χ2n) is 7.29. The van der Waals surface area contributed by atoms with Crippen molar-refractivity contribution in [1.29, 1.82) is 0 Å². The molecule has 5 rings (SSSR count).